The highest BCUT2D eigenvalue weighted by Crippen LogP contribution is 2.40. The van der Waals surface area contributed by atoms with Crippen molar-refractivity contribution in [3.63, 3.8) is 0 Å². The third kappa shape index (κ3) is 6.21. The van der Waals surface area contributed by atoms with Crippen molar-refractivity contribution in [2.75, 3.05) is 23.8 Å². The lowest BCUT2D eigenvalue weighted by molar-refractivity contribution is -0.275. The summed E-state index contributed by atoms with van der Waals surface area (Å²) in [5.74, 6) is -9.07. The van der Waals surface area contributed by atoms with E-state index in [1.807, 2.05) is 5.32 Å². The number of fused-ring (bicyclic) bond motifs is 1. The number of benzene rings is 1. The molecule has 5 rings (SSSR count). The zero-order chi connectivity index (χ0) is 32.0. The number of hydrogen-bond donors (Lipinski definition) is 4. The van der Waals surface area contributed by atoms with Gasteiger partial charge in [0.15, 0.2) is 17.4 Å². The van der Waals surface area contributed by atoms with E-state index >= 15 is 0 Å². The minimum atomic E-state index is -5.81. The first kappa shape index (κ1) is 31.6. The van der Waals surface area contributed by atoms with Crippen LogP contribution in [0, 0.1) is 31.4 Å². The second-order valence-electron chi connectivity index (χ2n) is 10.3. The van der Waals surface area contributed by atoms with Gasteiger partial charge in [-0.25, -0.2) is 18.7 Å². The number of anilines is 2. The maximum Gasteiger partial charge on any atom is 0.455 e. The molecule has 0 radical (unpaired) electrons. The molecule has 1 saturated carbocycles. The van der Waals surface area contributed by atoms with Crippen LogP contribution in [0.5, 0.6) is 5.75 Å². The Morgan fingerprint density at radius 2 is 1.68 bits per heavy atom. The van der Waals surface area contributed by atoms with Crippen molar-refractivity contribution in [1.29, 1.82) is 0 Å². The van der Waals surface area contributed by atoms with E-state index < -0.39 is 66.1 Å². The molecule has 0 unspecified atom stereocenters. The predicted molar refractivity (Wildman–Crippen MR) is 147 cm³/mol. The number of nitrogens with one attached hydrogen (secondary N) is 2. The summed E-state index contributed by atoms with van der Waals surface area (Å²) in [4.78, 5) is 17.0. The molecule has 1 fully saturated rings. The summed E-state index contributed by atoms with van der Waals surface area (Å²) in [5.41, 5.74) is 1.62. The highest BCUT2D eigenvalue weighted by atomic mass is 32.1. The van der Waals surface area contributed by atoms with E-state index in [1.54, 1.807) is 19.2 Å². The van der Waals surface area contributed by atoms with E-state index in [2.05, 4.69) is 25.3 Å². The number of para-hydroxylation sites is 1. The number of nitrogens with zero attached hydrogens (tertiary/aromatic N) is 4. The summed E-state index contributed by atoms with van der Waals surface area (Å²) in [6.07, 6.45) is -7.09. The minimum Gasteiger partial charge on any atom is -0.487 e. The van der Waals surface area contributed by atoms with Crippen LogP contribution in [-0.2, 0) is 0 Å². The lowest BCUT2D eigenvalue weighted by Gasteiger charge is -2.22. The Bertz CT molecular complexity index is 1650. The van der Waals surface area contributed by atoms with Crippen molar-refractivity contribution >= 4 is 33.3 Å². The van der Waals surface area contributed by atoms with E-state index in [0.29, 0.717) is 16.2 Å². The van der Waals surface area contributed by atoms with Gasteiger partial charge in [-0.2, -0.15) is 26.9 Å². The lowest BCUT2D eigenvalue weighted by Crippen LogP contribution is -2.42. The predicted octanol–water partition coefficient (Wildman–Crippen LogP) is 5.25. The van der Waals surface area contributed by atoms with Gasteiger partial charge in [-0.1, -0.05) is 6.07 Å². The number of aliphatic hydroxyl groups excluding tert-OH is 2. The fourth-order valence-electron chi connectivity index (χ4n) is 4.81. The average molecular weight is 647 g/mol. The number of aliphatic hydroxyl groups is 2. The van der Waals surface area contributed by atoms with Gasteiger partial charge in [0.05, 0.1) is 46.9 Å². The molecule has 3 heterocycles. The summed E-state index contributed by atoms with van der Waals surface area (Å²) in [5, 5.41) is 26.7. The van der Waals surface area contributed by atoms with Gasteiger partial charge < -0.3 is 25.6 Å². The molecule has 0 bridgehead atoms. The smallest absolute Gasteiger partial charge is 0.455 e. The summed E-state index contributed by atoms with van der Waals surface area (Å²) < 4.78 is 99.6. The van der Waals surface area contributed by atoms with Gasteiger partial charge in [0.1, 0.15) is 22.4 Å². The van der Waals surface area contributed by atoms with Crippen LogP contribution in [0.2, 0.25) is 0 Å². The standard InChI is InChI=1S/C27H25F7N6O3S/c1-11-18(24-39-19-12(2)35-7-6-17(19)44-24)23(40-25(37-11)36-10-26(30,31)27(32,33)34)38-16-8-13(20(41)21(16)42)9-43-22-14(28)4-3-5-15(22)29/h3-7,13,16,20-21,41-42H,8-10H2,1-2H3,(H2,36,37,38,40)/t13-,16-,20-,21+/m1/s1. The maximum atomic E-state index is 14.0. The molecule has 4 N–H and O–H groups in total. The van der Waals surface area contributed by atoms with E-state index in [9.17, 15) is 40.9 Å². The van der Waals surface area contributed by atoms with Gasteiger partial charge in [-0.05, 0) is 38.5 Å². The van der Waals surface area contributed by atoms with Crippen LogP contribution in [0.15, 0.2) is 30.5 Å². The van der Waals surface area contributed by atoms with Crippen LogP contribution in [-0.4, -0.2) is 73.6 Å². The van der Waals surface area contributed by atoms with Gasteiger partial charge in [-0.3, -0.25) is 4.98 Å². The number of hydrogen-bond acceptors (Lipinski definition) is 10. The van der Waals surface area contributed by atoms with E-state index in [4.69, 9.17) is 4.74 Å². The molecule has 3 aromatic heterocycles. The Kier molecular flexibility index (Phi) is 8.56. The quantitative estimate of drug-likeness (QED) is 0.181. The first-order valence-corrected chi connectivity index (χ1v) is 14.0. The van der Waals surface area contributed by atoms with Crippen LogP contribution in [0.1, 0.15) is 17.8 Å². The number of thiazole rings is 1. The highest BCUT2D eigenvalue weighted by molar-refractivity contribution is 7.21. The maximum absolute atomic E-state index is 14.0. The van der Waals surface area contributed by atoms with E-state index in [-0.39, 0.29) is 30.1 Å². The zero-order valence-corrected chi connectivity index (χ0v) is 23.8. The fourth-order valence-corrected chi connectivity index (χ4v) is 5.92. The molecule has 1 aliphatic rings. The van der Waals surface area contributed by atoms with Gasteiger partial charge in [0, 0.05) is 12.1 Å². The largest absolute Gasteiger partial charge is 0.487 e. The summed E-state index contributed by atoms with van der Waals surface area (Å²) >= 11 is 1.22. The Balaban J connectivity index is 1.45. The molecule has 1 aliphatic carbocycles. The van der Waals surface area contributed by atoms with Crippen molar-refractivity contribution < 1.29 is 45.7 Å². The summed E-state index contributed by atoms with van der Waals surface area (Å²) in [7, 11) is 0. The highest BCUT2D eigenvalue weighted by Gasteiger charge is 2.57. The van der Waals surface area contributed by atoms with E-state index in [1.165, 1.54) is 18.3 Å². The Morgan fingerprint density at radius 1 is 0.977 bits per heavy atom. The lowest BCUT2D eigenvalue weighted by atomic mass is 10.1. The van der Waals surface area contributed by atoms with Crippen molar-refractivity contribution in [3.05, 3.63) is 53.5 Å². The SMILES string of the molecule is Cc1nc(NCC(F)(F)C(F)(F)F)nc(N[C@@H]2C[C@H](COc3c(F)cccc3F)[C@@H](O)[C@H]2O)c1-c1nc2c(C)nccc2s1. The zero-order valence-electron chi connectivity index (χ0n) is 23.0. The number of ether oxygens (including phenoxy) is 1. The number of halogens is 7. The first-order valence-electron chi connectivity index (χ1n) is 13.2. The second kappa shape index (κ2) is 11.9. The third-order valence-electron chi connectivity index (χ3n) is 7.16. The molecule has 236 valence electrons. The monoisotopic (exact) mass is 646 g/mol. The van der Waals surface area contributed by atoms with Crippen LogP contribution in [0.4, 0.5) is 42.5 Å². The molecule has 0 saturated heterocycles. The number of pyridine rings is 1. The van der Waals surface area contributed by atoms with Crippen LogP contribution in [0.25, 0.3) is 20.8 Å². The van der Waals surface area contributed by atoms with Gasteiger partial charge in [-0.15, -0.1) is 11.3 Å². The molecule has 1 aromatic carbocycles. The molecule has 44 heavy (non-hydrogen) atoms. The van der Waals surface area contributed by atoms with Crippen LogP contribution in [0.3, 0.4) is 0 Å². The molecular formula is C27H25F7N6O3S. The van der Waals surface area contributed by atoms with Gasteiger partial charge >= 0.3 is 12.1 Å². The van der Waals surface area contributed by atoms with Crippen molar-refractivity contribution in [2.45, 2.75) is 50.6 Å². The normalized spacial score (nSPS) is 20.7. The van der Waals surface area contributed by atoms with E-state index in [0.717, 1.165) is 22.9 Å². The summed E-state index contributed by atoms with van der Waals surface area (Å²) in [6.45, 7) is 1.02. The molecule has 4 aromatic rings. The number of rotatable bonds is 9. The molecule has 4 atom stereocenters. The molecule has 0 aliphatic heterocycles. The minimum absolute atomic E-state index is 0.00131. The number of aryl methyl sites for hydroxylation is 2. The van der Waals surface area contributed by atoms with Crippen molar-refractivity contribution in [2.24, 2.45) is 5.92 Å². The van der Waals surface area contributed by atoms with Crippen molar-refractivity contribution in [3.8, 4) is 16.3 Å². The molecular weight excluding hydrogens is 621 g/mol. The van der Waals surface area contributed by atoms with Crippen LogP contribution >= 0.6 is 11.3 Å². The van der Waals surface area contributed by atoms with Gasteiger partial charge in [0.25, 0.3) is 0 Å². The molecule has 0 amide bonds. The molecule has 9 nitrogen and oxygen atoms in total. The van der Waals surface area contributed by atoms with Gasteiger partial charge in [0.2, 0.25) is 5.95 Å². The van der Waals surface area contributed by atoms with Crippen molar-refractivity contribution in [1.82, 2.24) is 19.9 Å². The molecule has 0 spiro atoms. The Labute approximate surface area is 249 Å². The Morgan fingerprint density at radius 3 is 2.34 bits per heavy atom. The topological polar surface area (TPSA) is 125 Å². The fraction of sp³-hybridized carbons (Fsp3) is 0.407. The molecule has 17 heteroatoms. The summed E-state index contributed by atoms with van der Waals surface area (Å²) in [6, 6.07) is 3.92. The van der Waals surface area contributed by atoms with Crippen LogP contribution < -0.4 is 15.4 Å². The third-order valence-corrected chi connectivity index (χ3v) is 8.20. The Hall–Kier alpha value is -3.83. The average Bonchev–Trinajstić information content (AvgIpc) is 3.48. The number of aromatic nitrogens is 4. The second-order valence-corrected chi connectivity index (χ2v) is 11.3. The number of alkyl halides is 5. The first-order chi connectivity index (χ1) is 20.7.